The first-order chi connectivity index (χ1) is 10.5. The average Bonchev–Trinajstić information content (AvgIpc) is 2.75. The quantitative estimate of drug-likeness (QED) is 0.738. The number of anilines is 1. The van der Waals surface area contributed by atoms with E-state index in [0.29, 0.717) is 10.7 Å². The summed E-state index contributed by atoms with van der Waals surface area (Å²) in [7, 11) is 0. The summed E-state index contributed by atoms with van der Waals surface area (Å²) in [6.07, 6.45) is 0.191. The minimum Gasteiger partial charge on any atom is -0.299 e. The molecule has 4 aliphatic rings. The van der Waals surface area contributed by atoms with Gasteiger partial charge in [0.2, 0.25) is 11.8 Å². The molecule has 112 valence electrons. The second kappa shape index (κ2) is 4.49. The molecule has 0 unspecified atom stereocenters. The summed E-state index contributed by atoms with van der Waals surface area (Å²) in [5.74, 6) is -3.47. The maximum absolute atomic E-state index is 12.7. The number of amides is 2. The number of hydrogen-bond acceptors (Lipinski definition) is 4. The smallest absolute Gasteiger partial charge is 0.238 e. The number of carbonyl (C=O) groups is 4. The molecule has 1 aliphatic heterocycles. The monoisotopic (exact) mass is 317 g/mol. The Morgan fingerprint density at radius 2 is 1.27 bits per heavy atom. The fourth-order valence-electron chi connectivity index (χ4n) is 4.02. The maximum Gasteiger partial charge on any atom is 0.238 e. The van der Waals surface area contributed by atoms with Crippen LogP contribution in [0, 0.1) is 23.7 Å². The van der Waals surface area contributed by atoms with Crippen molar-refractivity contribution in [2.24, 2.45) is 23.7 Å². The highest BCUT2D eigenvalue weighted by atomic mass is 35.5. The summed E-state index contributed by atoms with van der Waals surface area (Å²) in [5.41, 5.74) is 0.438. The molecule has 5 nitrogen and oxygen atoms in total. The number of halogens is 1. The lowest BCUT2D eigenvalue weighted by Gasteiger charge is -2.40. The van der Waals surface area contributed by atoms with Crippen LogP contribution in [0.2, 0.25) is 5.02 Å². The van der Waals surface area contributed by atoms with Crippen molar-refractivity contribution in [3.63, 3.8) is 0 Å². The van der Waals surface area contributed by atoms with Crippen molar-refractivity contribution in [2.45, 2.75) is 12.8 Å². The van der Waals surface area contributed by atoms with Gasteiger partial charge in [0.25, 0.3) is 0 Å². The number of Topliss-reactive ketones (excluding diaryl/α,β-unsaturated/α-hetero) is 2. The lowest BCUT2D eigenvalue weighted by atomic mass is 9.58. The van der Waals surface area contributed by atoms with Crippen LogP contribution in [-0.2, 0) is 19.2 Å². The van der Waals surface area contributed by atoms with E-state index >= 15 is 0 Å². The van der Waals surface area contributed by atoms with Crippen molar-refractivity contribution in [1.82, 2.24) is 0 Å². The molecule has 22 heavy (non-hydrogen) atoms. The Morgan fingerprint density at radius 3 is 1.73 bits per heavy atom. The second-order valence-electron chi connectivity index (χ2n) is 6.09. The molecule has 3 aliphatic carbocycles. The predicted molar refractivity (Wildman–Crippen MR) is 77.2 cm³/mol. The van der Waals surface area contributed by atoms with Gasteiger partial charge in [-0.25, -0.2) is 0 Å². The SMILES string of the molecule is O=C1C[C@H]2C(=O)C[C@H]1[C@H]1C(=O)N(c3ccc(Cl)cc3)C(=O)[C@H]12. The summed E-state index contributed by atoms with van der Waals surface area (Å²) >= 11 is 5.83. The minimum absolute atomic E-state index is 0.0649. The second-order valence-corrected chi connectivity index (χ2v) is 6.53. The van der Waals surface area contributed by atoms with E-state index in [-0.39, 0.29) is 36.2 Å². The fraction of sp³-hybridized carbons (Fsp3) is 0.375. The summed E-state index contributed by atoms with van der Waals surface area (Å²) in [4.78, 5) is 50.6. The van der Waals surface area contributed by atoms with Gasteiger partial charge in [-0.3, -0.25) is 24.1 Å². The predicted octanol–water partition coefficient (Wildman–Crippen LogP) is 1.62. The molecule has 4 atom stereocenters. The van der Waals surface area contributed by atoms with Gasteiger partial charge in [-0.2, -0.15) is 0 Å². The third-order valence-electron chi connectivity index (χ3n) is 5.02. The number of benzene rings is 1. The maximum atomic E-state index is 12.7. The van der Waals surface area contributed by atoms with E-state index in [2.05, 4.69) is 0 Å². The van der Waals surface area contributed by atoms with Gasteiger partial charge < -0.3 is 0 Å². The lowest BCUT2D eigenvalue weighted by Crippen LogP contribution is -2.51. The molecule has 0 spiro atoms. The Balaban J connectivity index is 1.78. The Kier molecular flexibility index (Phi) is 2.78. The Labute approximate surface area is 131 Å². The van der Waals surface area contributed by atoms with E-state index in [1.54, 1.807) is 24.3 Å². The molecule has 3 saturated carbocycles. The van der Waals surface area contributed by atoms with Crippen molar-refractivity contribution in [3.05, 3.63) is 29.3 Å². The molecule has 1 heterocycles. The van der Waals surface area contributed by atoms with Crippen LogP contribution >= 0.6 is 11.6 Å². The first-order valence-corrected chi connectivity index (χ1v) is 7.55. The molecule has 1 aromatic rings. The van der Waals surface area contributed by atoms with Crippen LogP contribution in [0.3, 0.4) is 0 Å². The van der Waals surface area contributed by atoms with Gasteiger partial charge in [0, 0.05) is 29.7 Å². The first kappa shape index (κ1) is 13.6. The first-order valence-electron chi connectivity index (χ1n) is 7.18. The zero-order valence-electron chi connectivity index (χ0n) is 11.5. The fourth-order valence-corrected chi connectivity index (χ4v) is 4.15. The van der Waals surface area contributed by atoms with Gasteiger partial charge in [-0.05, 0) is 24.3 Å². The van der Waals surface area contributed by atoms with Crippen LogP contribution < -0.4 is 4.90 Å². The Hall–Kier alpha value is -2.01. The molecule has 5 rings (SSSR count). The summed E-state index contributed by atoms with van der Waals surface area (Å²) < 4.78 is 0. The molecule has 2 amide bonds. The number of ketones is 2. The van der Waals surface area contributed by atoms with Crippen LogP contribution in [0.25, 0.3) is 0 Å². The molecule has 0 N–H and O–H groups in total. The summed E-state index contributed by atoms with van der Waals surface area (Å²) in [6.45, 7) is 0. The van der Waals surface area contributed by atoms with Crippen LogP contribution in [-0.4, -0.2) is 23.4 Å². The van der Waals surface area contributed by atoms with Crippen molar-refractivity contribution in [1.29, 1.82) is 0 Å². The van der Waals surface area contributed by atoms with Crippen LogP contribution in [0.5, 0.6) is 0 Å². The van der Waals surface area contributed by atoms with E-state index < -0.39 is 23.7 Å². The molecule has 1 saturated heterocycles. The molecule has 4 fully saturated rings. The van der Waals surface area contributed by atoms with E-state index in [1.807, 2.05) is 0 Å². The highest BCUT2D eigenvalue weighted by Crippen LogP contribution is 2.50. The lowest BCUT2D eigenvalue weighted by molar-refractivity contribution is -0.153. The van der Waals surface area contributed by atoms with E-state index in [0.717, 1.165) is 4.90 Å². The Bertz CT molecular complexity index is 686. The molecular formula is C16H12ClNO4. The molecular weight excluding hydrogens is 306 g/mol. The highest BCUT2D eigenvalue weighted by molar-refractivity contribution is 6.31. The largest absolute Gasteiger partial charge is 0.299 e. The standard InChI is InChI=1S/C16H12ClNO4/c17-7-1-3-8(4-2-7)18-15(21)13-9-5-11(19)10(6-12(9)20)14(13)16(18)22/h1-4,9-10,13-14H,5-6H2/t9-,10+,13-,14+. The average molecular weight is 318 g/mol. The number of imide groups is 1. The number of fused-ring (bicyclic) bond motifs is 2. The molecule has 0 aromatic heterocycles. The van der Waals surface area contributed by atoms with Gasteiger partial charge in [0.05, 0.1) is 17.5 Å². The van der Waals surface area contributed by atoms with Gasteiger partial charge in [-0.1, -0.05) is 11.6 Å². The zero-order chi connectivity index (χ0) is 15.6. The van der Waals surface area contributed by atoms with Crippen molar-refractivity contribution in [2.75, 3.05) is 4.90 Å². The van der Waals surface area contributed by atoms with E-state index in [4.69, 9.17) is 11.6 Å². The molecule has 1 aromatic carbocycles. The van der Waals surface area contributed by atoms with Crippen LogP contribution in [0.1, 0.15) is 12.8 Å². The molecule has 6 heteroatoms. The molecule has 0 radical (unpaired) electrons. The third kappa shape index (κ3) is 1.66. The van der Waals surface area contributed by atoms with E-state index in [9.17, 15) is 19.2 Å². The molecule has 2 bridgehead atoms. The minimum atomic E-state index is -0.674. The van der Waals surface area contributed by atoms with Gasteiger partial charge in [0.15, 0.2) is 0 Å². The number of carbonyl (C=O) groups excluding carboxylic acids is 4. The van der Waals surface area contributed by atoms with Crippen LogP contribution in [0.4, 0.5) is 5.69 Å². The topological polar surface area (TPSA) is 71.5 Å². The number of nitrogens with zero attached hydrogens (tertiary/aromatic N) is 1. The van der Waals surface area contributed by atoms with Crippen molar-refractivity contribution < 1.29 is 19.2 Å². The van der Waals surface area contributed by atoms with Crippen molar-refractivity contribution >= 4 is 40.7 Å². The van der Waals surface area contributed by atoms with Crippen LogP contribution in [0.15, 0.2) is 24.3 Å². The Morgan fingerprint density at radius 1 is 0.818 bits per heavy atom. The normalized spacial score (nSPS) is 33.6. The summed E-state index contributed by atoms with van der Waals surface area (Å²) in [5, 5.41) is 0.505. The summed E-state index contributed by atoms with van der Waals surface area (Å²) in [6, 6.07) is 6.40. The highest BCUT2D eigenvalue weighted by Gasteiger charge is 2.63. The van der Waals surface area contributed by atoms with Crippen molar-refractivity contribution in [3.8, 4) is 0 Å². The number of hydrogen-bond donors (Lipinski definition) is 0. The zero-order valence-corrected chi connectivity index (χ0v) is 12.2. The van der Waals surface area contributed by atoms with Gasteiger partial charge >= 0.3 is 0 Å². The van der Waals surface area contributed by atoms with Gasteiger partial charge in [0.1, 0.15) is 11.6 Å². The van der Waals surface area contributed by atoms with E-state index in [1.165, 1.54) is 0 Å². The number of rotatable bonds is 1. The third-order valence-corrected chi connectivity index (χ3v) is 5.27. The van der Waals surface area contributed by atoms with Gasteiger partial charge in [-0.15, -0.1) is 0 Å².